The summed E-state index contributed by atoms with van der Waals surface area (Å²) in [6.07, 6.45) is 0.727. The largest absolute Gasteiger partial charge is 0.480 e. The number of amides is 1. The second-order valence-electron chi connectivity index (χ2n) is 5.72. The van der Waals surface area contributed by atoms with Gasteiger partial charge in [-0.3, -0.25) is 9.59 Å². The first-order valence-electron chi connectivity index (χ1n) is 7.91. The lowest BCUT2D eigenvalue weighted by Crippen LogP contribution is -2.42. The van der Waals surface area contributed by atoms with E-state index in [2.05, 4.69) is 10.3 Å². The fourth-order valence-corrected chi connectivity index (χ4v) is 2.44. The third-order valence-corrected chi connectivity index (χ3v) is 4.06. The molecule has 0 spiro atoms. The highest BCUT2D eigenvalue weighted by atomic mass is 16.4. The molecule has 1 N–H and O–H groups in total. The number of aromatic nitrogens is 3. The van der Waals surface area contributed by atoms with Gasteiger partial charge < -0.3 is 10.0 Å². The summed E-state index contributed by atoms with van der Waals surface area (Å²) in [5, 5.41) is 17.2. The van der Waals surface area contributed by atoms with Crippen LogP contribution >= 0.6 is 0 Å². The van der Waals surface area contributed by atoms with Crippen molar-refractivity contribution >= 4 is 11.9 Å². The highest BCUT2D eigenvalue weighted by Crippen LogP contribution is 2.14. The molecule has 0 bridgehead atoms. The van der Waals surface area contributed by atoms with Gasteiger partial charge >= 0.3 is 5.97 Å². The van der Waals surface area contributed by atoms with Crippen molar-refractivity contribution in [3.63, 3.8) is 0 Å². The van der Waals surface area contributed by atoms with Crippen LogP contribution in [0.3, 0.4) is 0 Å². The van der Waals surface area contributed by atoms with Crippen LogP contribution in [0.25, 0.3) is 5.69 Å². The number of aliphatic carboxylic acids is 1. The molecule has 1 amide bonds. The average Bonchev–Trinajstić information content (AvgIpc) is 2.93. The molecular weight excluding hydrogens is 308 g/mol. The Bertz CT molecular complexity index is 712. The Morgan fingerprint density at radius 3 is 2.54 bits per heavy atom. The van der Waals surface area contributed by atoms with Crippen molar-refractivity contribution in [3.05, 3.63) is 41.7 Å². The van der Waals surface area contributed by atoms with Gasteiger partial charge in [0, 0.05) is 6.04 Å². The summed E-state index contributed by atoms with van der Waals surface area (Å²) in [4.78, 5) is 24.9. The van der Waals surface area contributed by atoms with Crippen molar-refractivity contribution in [2.45, 2.75) is 39.7 Å². The smallest absolute Gasteiger partial charge is 0.323 e. The van der Waals surface area contributed by atoms with Crippen molar-refractivity contribution < 1.29 is 14.7 Å². The number of benzene rings is 1. The van der Waals surface area contributed by atoms with Crippen LogP contribution in [0.2, 0.25) is 0 Å². The van der Waals surface area contributed by atoms with Crippen LogP contribution in [-0.2, 0) is 16.0 Å². The highest BCUT2D eigenvalue weighted by molar-refractivity contribution is 5.83. The minimum Gasteiger partial charge on any atom is -0.480 e. The minimum atomic E-state index is -1.02. The quantitative estimate of drug-likeness (QED) is 0.837. The number of carboxylic acid groups (broad SMARTS) is 1. The summed E-state index contributed by atoms with van der Waals surface area (Å²) < 4.78 is 1.67. The van der Waals surface area contributed by atoms with Crippen LogP contribution in [-0.4, -0.2) is 49.5 Å². The molecule has 0 saturated heterocycles. The third-order valence-electron chi connectivity index (χ3n) is 4.06. The summed E-state index contributed by atoms with van der Waals surface area (Å²) in [5.41, 5.74) is 2.20. The van der Waals surface area contributed by atoms with Gasteiger partial charge in [-0.05, 0) is 32.4 Å². The standard InChI is InChI=1S/C17H22N4O3/c1-4-12(2)20(11-17(23)24)16(22)10-15-13(3)21(19-18-15)14-8-6-5-7-9-14/h5-9,12H,4,10-11H2,1-3H3,(H,23,24). The summed E-state index contributed by atoms with van der Waals surface area (Å²) in [6.45, 7) is 5.30. The maximum absolute atomic E-state index is 12.5. The number of carboxylic acids is 1. The predicted octanol–water partition coefficient (Wildman–Crippen LogP) is 1.83. The Morgan fingerprint density at radius 1 is 1.29 bits per heavy atom. The molecule has 2 aromatic rings. The molecule has 0 fully saturated rings. The molecule has 0 aliphatic heterocycles. The Kier molecular flexibility index (Phi) is 5.68. The van der Waals surface area contributed by atoms with E-state index in [0.717, 1.165) is 11.4 Å². The molecule has 1 aromatic heterocycles. The molecule has 128 valence electrons. The number of hydrogen-bond donors (Lipinski definition) is 1. The number of hydrogen-bond acceptors (Lipinski definition) is 4. The molecule has 24 heavy (non-hydrogen) atoms. The molecule has 0 radical (unpaired) electrons. The molecule has 0 saturated carbocycles. The second kappa shape index (κ2) is 7.72. The van der Waals surface area contributed by atoms with Gasteiger partial charge in [0.05, 0.1) is 23.5 Å². The SMILES string of the molecule is CCC(C)N(CC(=O)O)C(=O)Cc1nnn(-c2ccccc2)c1C. The molecule has 2 rings (SSSR count). The lowest BCUT2D eigenvalue weighted by molar-refractivity contribution is -0.145. The maximum atomic E-state index is 12.5. The Hall–Kier alpha value is -2.70. The monoisotopic (exact) mass is 330 g/mol. The van der Waals surface area contributed by atoms with Crippen molar-refractivity contribution in [2.24, 2.45) is 0 Å². The second-order valence-corrected chi connectivity index (χ2v) is 5.72. The summed E-state index contributed by atoms with van der Waals surface area (Å²) in [6, 6.07) is 9.39. The van der Waals surface area contributed by atoms with Crippen LogP contribution in [0.5, 0.6) is 0 Å². The van der Waals surface area contributed by atoms with Gasteiger partial charge in [-0.25, -0.2) is 4.68 Å². The Morgan fingerprint density at radius 2 is 1.96 bits per heavy atom. The van der Waals surface area contributed by atoms with Crippen molar-refractivity contribution in [3.8, 4) is 5.69 Å². The molecule has 1 atom stereocenters. The lowest BCUT2D eigenvalue weighted by atomic mass is 10.1. The first-order valence-corrected chi connectivity index (χ1v) is 7.91. The predicted molar refractivity (Wildman–Crippen MR) is 88.9 cm³/mol. The number of carbonyl (C=O) groups excluding carboxylic acids is 1. The van der Waals surface area contributed by atoms with Gasteiger partial charge in [0.25, 0.3) is 0 Å². The zero-order chi connectivity index (χ0) is 17.7. The minimum absolute atomic E-state index is 0.0380. The van der Waals surface area contributed by atoms with E-state index < -0.39 is 5.97 Å². The maximum Gasteiger partial charge on any atom is 0.323 e. The normalized spacial score (nSPS) is 12.0. The third kappa shape index (κ3) is 3.98. The first kappa shape index (κ1) is 17.7. The Labute approximate surface area is 140 Å². The van der Waals surface area contributed by atoms with Gasteiger partial charge in [0.2, 0.25) is 5.91 Å². The van der Waals surface area contributed by atoms with E-state index in [1.807, 2.05) is 51.1 Å². The van der Waals surface area contributed by atoms with Crippen LogP contribution < -0.4 is 0 Å². The first-order chi connectivity index (χ1) is 11.4. The van der Waals surface area contributed by atoms with E-state index in [1.165, 1.54) is 4.90 Å². The molecule has 1 heterocycles. The fourth-order valence-electron chi connectivity index (χ4n) is 2.44. The molecular formula is C17H22N4O3. The van der Waals surface area contributed by atoms with E-state index in [9.17, 15) is 9.59 Å². The van der Waals surface area contributed by atoms with E-state index >= 15 is 0 Å². The number of rotatable bonds is 7. The molecule has 1 aromatic carbocycles. The molecule has 0 aliphatic rings. The van der Waals surface area contributed by atoms with Crippen LogP contribution in [0.1, 0.15) is 31.7 Å². The number of carbonyl (C=O) groups is 2. The van der Waals surface area contributed by atoms with Crippen molar-refractivity contribution in [1.29, 1.82) is 0 Å². The Balaban J connectivity index is 2.19. The topological polar surface area (TPSA) is 88.3 Å². The van der Waals surface area contributed by atoms with E-state index in [-0.39, 0.29) is 24.9 Å². The molecule has 1 unspecified atom stereocenters. The van der Waals surface area contributed by atoms with Gasteiger partial charge in [-0.2, -0.15) is 0 Å². The number of nitrogens with zero attached hydrogens (tertiary/aromatic N) is 4. The van der Waals surface area contributed by atoms with Gasteiger partial charge in [-0.1, -0.05) is 30.3 Å². The zero-order valence-corrected chi connectivity index (χ0v) is 14.1. The van der Waals surface area contributed by atoms with E-state index in [0.29, 0.717) is 12.1 Å². The van der Waals surface area contributed by atoms with Gasteiger partial charge in [-0.15, -0.1) is 5.10 Å². The summed E-state index contributed by atoms with van der Waals surface area (Å²) >= 11 is 0. The number of para-hydroxylation sites is 1. The molecule has 7 heteroatoms. The lowest BCUT2D eigenvalue weighted by Gasteiger charge is -2.26. The summed E-state index contributed by atoms with van der Waals surface area (Å²) in [5.74, 6) is -1.27. The molecule has 7 nitrogen and oxygen atoms in total. The van der Waals surface area contributed by atoms with Crippen LogP contribution in [0.4, 0.5) is 0 Å². The van der Waals surface area contributed by atoms with E-state index in [1.54, 1.807) is 4.68 Å². The van der Waals surface area contributed by atoms with E-state index in [4.69, 9.17) is 5.11 Å². The van der Waals surface area contributed by atoms with Gasteiger partial charge in [0.1, 0.15) is 6.54 Å². The van der Waals surface area contributed by atoms with Crippen LogP contribution in [0, 0.1) is 6.92 Å². The molecule has 0 aliphatic carbocycles. The summed E-state index contributed by atoms with van der Waals surface area (Å²) in [7, 11) is 0. The average molecular weight is 330 g/mol. The van der Waals surface area contributed by atoms with Crippen molar-refractivity contribution in [2.75, 3.05) is 6.54 Å². The zero-order valence-electron chi connectivity index (χ0n) is 14.1. The fraction of sp³-hybridized carbons (Fsp3) is 0.412. The van der Waals surface area contributed by atoms with Gasteiger partial charge in [0.15, 0.2) is 0 Å². The highest BCUT2D eigenvalue weighted by Gasteiger charge is 2.24. The van der Waals surface area contributed by atoms with Crippen molar-refractivity contribution in [1.82, 2.24) is 19.9 Å². The van der Waals surface area contributed by atoms with Crippen LogP contribution in [0.15, 0.2) is 30.3 Å².